The highest BCUT2D eigenvalue weighted by Gasteiger charge is 2.48. The number of rotatable bonds is 4. The molecule has 2 unspecified atom stereocenters. The van der Waals surface area contributed by atoms with Crippen LogP contribution in [0.25, 0.3) is 0 Å². The van der Waals surface area contributed by atoms with Crippen LogP contribution in [0.4, 0.5) is 11.4 Å². The van der Waals surface area contributed by atoms with Gasteiger partial charge in [0.15, 0.2) is 0 Å². The first kappa shape index (κ1) is 18.7. The van der Waals surface area contributed by atoms with Gasteiger partial charge in [-0.3, -0.25) is 9.59 Å². The van der Waals surface area contributed by atoms with Gasteiger partial charge in [-0.25, -0.2) is 0 Å². The molecule has 0 spiro atoms. The molecular formula is C20H20Cl2N2O2. The summed E-state index contributed by atoms with van der Waals surface area (Å²) >= 11 is 11.9. The van der Waals surface area contributed by atoms with E-state index in [1.54, 1.807) is 18.2 Å². The maximum atomic E-state index is 12.5. The van der Waals surface area contributed by atoms with E-state index in [9.17, 15) is 9.59 Å². The number of hydrogen-bond donors (Lipinski definition) is 2. The molecule has 1 fully saturated rings. The smallest absolute Gasteiger partial charge is 0.228 e. The van der Waals surface area contributed by atoms with Crippen molar-refractivity contribution in [2.75, 3.05) is 10.6 Å². The lowest BCUT2D eigenvalue weighted by Gasteiger charge is -2.13. The van der Waals surface area contributed by atoms with E-state index in [1.165, 1.54) is 0 Å². The van der Waals surface area contributed by atoms with Gasteiger partial charge in [0.25, 0.3) is 0 Å². The molecule has 2 aromatic carbocycles. The first-order valence-electron chi connectivity index (χ1n) is 8.41. The molecule has 1 saturated carbocycles. The van der Waals surface area contributed by atoms with Gasteiger partial charge in [-0.15, -0.1) is 0 Å². The summed E-state index contributed by atoms with van der Waals surface area (Å²) in [6.07, 6.45) is 0.535. The summed E-state index contributed by atoms with van der Waals surface area (Å²) in [5.74, 6) is -0.983. The van der Waals surface area contributed by atoms with Crippen molar-refractivity contribution in [1.29, 1.82) is 0 Å². The molecule has 0 radical (unpaired) electrons. The SMILES string of the molecule is Cc1cc(C)c(NC(=O)C2CC2C(=O)Nc2ccc(Cl)cc2Cl)c(C)c1. The van der Waals surface area contributed by atoms with E-state index in [0.717, 1.165) is 22.4 Å². The first-order valence-corrected chi connectivity index (χ1v) is 9.16. The lowest BCUT2D eigenvalue weighted by molar-refractivity contribution is -0.122. The van der Waals surface area contributed by atoms with Crippen LogP contribution in [0.3, 0.4) is 0 Å². The van der Waals surface area contributed by atoms with Crippen molar-refractivity contribution in [2.24, 2.45) is 11.8 Å². The molecule has 2 N–H and O–H groups in total. The fourth-order valence-corrected chi connectivity index (χ4v) is 3.64. The molecule has 2 atom stereocenters. The van der Waals surface area contributed by atoms with E-state index in [1.807, 2.05) is 32.9 Å². The van der Waals surface area contributed by atoms with Gasteiger partial charge in [-0.2, -0.15) is 0 Å². The second kappa shape index (κ2) is 7.29. The minimum absolute atomic E-state index is 0.123. The van der Waals surface area contributed by atoms with Crippen LogP contribution in [0, 0.1) is 32.6 Å². The van der Waals surface area contributed by atoms with Crippen molar-refractivity contribution < 1.29 is 9.59 Å². The third-order valence-corrected chi connectivity index (χ3v) is 5.13. The molecule has 1 aliphatic rings. The fourth-order valence-electron chi connectivity index (χ4n) is 3.18. The van der Waals surface area contributed by atoms with Gasteiger partial charge in [0.2, 0.25) is 11.8 Å². The van der Waals surface area contributed by atoms with Crippen LogP contribution in [0.1, 0.15) is 23.1 Å². The predicted octanol–water partition coefficient (Wildman–Crippen LogP) is 5.13. The zero-order valence-corrected chi connectivity index (χ0v) is 16.3. The number of nitrogens with one attached hydrogen (secondary N) is 2. The Bertz CT molecular complexity index is 872. The molecule has 2 amide bonds. The standard InChI is InChI=1S/C20H20Cl2N2O2/c1-10-6-11(2)18(12(3)7-10)24-20(26)15-9-14(15)19(25)23-17-5-4-13(21)8-16(17)22/h4-8,14-15H,9H2,1-3H3,(H,23,25)(H,24,26). The number of hydrogen-bond acceptors (Lipinski definition) is 2. The van der Waals surface area contributed by atoms with Crippen LogP contribution in [-0.4, -0.2) is 11.8 Å². The van der Waals surface area contributed by atoms with E-state index >= 15 is 0 Å². The Balaban J connectivity index is 1.63. The Morgan fingerprint density at radius 1 is 0.923 bits per heavy atom. The van der Waals surface area contributed by atoms with Crippen molar-refractivity contribution in [1.82, 2.24) is 0 Å². The number of amides is 2. The van der Waals surface area contributed by atoms with Gasteiger partial charge in [-0.1, -0.05) is 40.9 Å². The average molecular weight is 391 g/mol. The van der Waals surface area contributed by atoms with Gasteiger partial charge in [0, 0.05) is 10.7 Å². The summed E-state index contributed by atoms with van der Waals surface area (Å²) in [6.45, 7) is 5.96. The average Bonchev–Trinajstić information content (AvgIpc) is 3.34. The number of carbonyl (C=O) groups excluding carboxylic acids is 2. The quantitative estimate of drug-likeness (QED) is 0.759. The maximum absolute atomic E-state index is 12.5. The van der Waals surface area contributed by atoms with Crippen LogP contribution < -0.4 is 10.6 Å². The summed E-state index contributed by atoms with van der Waals surface area (Å²) in [4.78, 5) is 24.9. The fraction of sp³-hybridized carbons (Fsp3) is 0.300. The van der Waals surface area contributed by atoms with Gasteiger partial charge in [-0.05, 0) is 56.5 Å². The van der Waals surface area contributed by atoms with E-state index in [0.29, 0.717) is 22.2 Å². The summed E-state index contributed by atoms with van der Waals surface area (Å²) < 4.78 is 0. The molecule has 26 heavy (non-hydrogen) atoms. The lowest BCUT2D eigenvalue weighted by atomic mass is 10.0. The van der Waals surface area contributed by atoms with Gasteiger partial charge in [0.1, 0.15) is 0 Å². The number of benzene rings is 2. The van der Waals surface area contributed by atoms with Crippen LogP contribution >= 0.6 is 23.2 Å². The second-order valence-corrected chi connectivity index (χ2v) is 7.67. The molecule has 3 rings (SSSR count). The van der Waals surface area contributed by atoms with Crippen LogP contribution in [-0.2, 0) is 9.59 Å². The van der Waals surface area contributed by atoms with E-state index < -0.39 is 0 Å². The highest BCUT2D eigenvalue weighted by Crippen LogP contribution is 2.41. The van der Waals surface area contributed by atoms with E-state index in [4.69, 9.17) is 23.2 Å². The molecule has 0 bridgehead atoms. The third kappa shape index (κ3) is 4.02. The largest absolute Gasteiger partial charge is 0.325 e. The summed E-state index contributed by atoms with van der Waals surface area (Å²) in [7, 11) is 0. The van der Waals surface area contributed by atoms with Crippen LogP contribution in [0.2, 0.25) is 10.0 Å². The van der Waals surface area contributed by atoms with Crippen molar-refractivity contribution in [3.8, 4) is 0 Å². The van der Waals surface area contributed by atoms with Crippen molar-refractivity contribution >= 4 is 46.4 Å². The highest BCUT2D eigenvalue weighted by atomic mass is 35.5. The van der Waals surface area contributed by atoms with Gasteiger partial charge < -0.3 is 10.6 Å². The zero-order valence-electron chi connectivity index (χ0n) is 14.8. The number of anilines is 2. The first-order chi connectivity index (χ1) is 12.3. The molecule has 0 aliphatic heterocycles. The Labute approximate surface area is 162 Å². The van der Waals surface area contributed by atoms with E-state index in [-0.39, 0.29) is 23.7 Å². The molecular weight excluding hydrogens is 371 g/mol. The minimum atomic E-state index is -0.340. The summed E-state index contributed by atoms with van der Waals surface area (Å²) in [5.41, 5.74) is 4.52. The van der Waals surface area contributed by atoms with Crippen LogP contribution in [0.15, 0.2) is 30.3 Å². The number of aryl methyl sites for hydroxylation is 3. The van der Waals surface area contributed by atoms with Crippen LogP contribution in [0.5, 0.6) is 0 Å². The Morgan fingerprint density at radius 3 is 2.08 bits per heavy atom. The summed E-state index contributed by atoms with van der Waals surface area (Å²) in [6, 6.07) is 8.94. The molecule has 1 aliphatic carbocycles. The molecule has 4 nitrogen and oxygen atoms in total. The Kier molecular flexibility index (Phi) is 5.26. The molecule has 0 aromatic heterocycles. The van der Waals surface area contributed by atoms with E-state index in [2.05, 4.69) is 10.6 Å². The molecule has 0 heterocycles. The van der Waals surface area contributed by atoms with Gasteiger partial charge in [0.05, 0.1) is 22.5 Å². The third-order valence-electron chi connectivity index (χ3n) is 4.58. The van der Waals surface area contributed by atoms with Crippen molar-refractivity contribution in [3.63, 3.8) is 0 Å². The molecule has 6 heteroatoms. The number of carbonyl (C=O) groups is 2. The topological polar surface area (TPSA) is 58.2 Å². The number of halogens is 2. The van der Waals surface area contributed by atoms with Gasteiger partial charge >= 0.3 is 0 Å². The van der Waals surface area contributed by atoms with Crippen molar-refractivity contribution in [3.05, 3.63) is 57.1 Å². The minimum Gasteiger partial charge on any atom is -0.325 e. The molecule has 2 aromatic rings. The zero-order chi connectivity index (χ0) is 19.0. The molecule has 136 valence electrons. The Hall–Kier alpha value is -2.04. The Morgan fingerprint density at radius 2 is 1.50 bits per heavy atom. The maximum Gasteiger partial charge on any atom is 0.228 e. The normalized spacial score (nSPS) is 18.3. The highest BCUT2D eigenvalue weighted by molar-refractivity contribution is 6.36. The van der Waals surface area contributed by atoms with Crippen molar-refractivity contribution in [2.45, 2.75) is 27.2 Å². The summed E-state index contributed by atoms with van der Waals surface area (Å²) in [5, 5.41) is 6.62. The monoisotopic (exact) mass is 390 g/mol. The lowest BCUT2D eigenvalue weighted by Crippen LogP contribution is -2.21. The second-order valence-electron chi connectivity index (χ2n) is 6.83. The predicted molar refractivity (Wildman–Crippen MR) is 106 cm³/mol. The molecule has 0 saturated heterocycles.